The summed E-state index contributed by atoms with van der Waals surface area (Å²) in [5.74, 6) is -0.492. The number of rotatable bonds is 8. The highest BCUT2D eigenvalue weighted by atomic mass is 15.3. The lowest BCUT2D eigenvalue weighted by Gasteiger charge is -2.38. The third kappa shape index (κ3) is 3.92. The molecule has 1 atom stereocenters. The van der Waals surface area contributed by atoms with Gasteiger partial charge in [0.15, 0.2) is 0 Å². The van der Waals surface area contributed by atoms with E-state index in [4.69, 9.17) is 5.73 Å². The number of nitrogens with two attached hydrogens (primary N) is 1. The Morgan fingerprint density at radius 2 is 1.50 bits per heavy atom. The van der Waals surface area contributed by atoms with Crippen LogP contribution in [0.25, 0.3) is 0 Å². The van der Waals surface area contributed by atoms with Gasteiger partial charge in [0.25, 0.3) is 0 Å². The van der Waals surface area contributed by atoms with Crippen molar-refractivity contribution in [2.45, 2.75) is 45.9 Å². The maximum Gasteiger partial charge on any atom is 0.136 e. The van der Waals surface area contributed by atoms with Crippen LogP contribution in [0, 0.1) is 0 Å². The molecule has 0 aliphatic heterocycles. The zero-order chi connectivity index (χ0) is 11.0. The second-order valence-electron chi connectivity index (χ2n) is 3.45. The molecule has 0 heterocycles. The first kappa shape index (κ1) is 13.8. The Bertz CT molecular complexity index is 132. The highest BCUT2D eigenvalue weighted by Gasteiger charge is 2.31. The second-order valence-corrected chi connectivity index (χ2v) is 3.45. The van der Waals surface area contributed by atoms with E-state index in [9.17, 15) is 0 Å². The van der Waals surface area contributed by atoms with E-state index in [1.807, 2.05) is 0 Å². The molecule has 0 aliphatic rings. The first-order chi connectivity index (χ1) is 6.64. The Balaban J connectivity index is 4.39. The Kier molecular flexibility index (Phi) is 7.09. The topological polar surface area (TPSA) is 62.1 Å². The molecule has 0 fully saturated rings. The van der Waals surface area contributed by atoms with Crippen molar-refractivity contribution in [3.05, 3.63) is 0 Å². The van der Waals surface area contributed by atoms with Crippen molar-refractivity contribution in [1.29, 1.82) is 0 Å². The fourth-order valence-corrected chi connectivity index (χ4v) is 1.77. The smallest absolute Gasteiger partial charge is 0.136 e. The van der Waals surface area contributed by atoms with Gasteiger partial charge in [-0.2, -0.15) is 0 Å². The minimum absolute atomic E-state index is 0.257. The average molecular weight is 202 g/mol. The van der Waals surface area contributed by atoms with Gasteiger partial charge in [-0.1, -0.05) is 27.7 Å². The molecule has 86 valence electrons. The highest BCUT2D eigenvalue weighted by molar-refractivity contribution is 4.90. The van der Waals surface area contributed by atoms with Crippen LogP contribution in [0.15, 0.2) is 0 Å². The lowest BCUT2D eigenvalue weighted by atomic mass is 10.1. The van der Waals surface area contributed by atoms with Crippen LogP contribution in [-0.4, -0.2) is 31.5 Å². The fourth-order valence-electron chi connectivity index (χ4n) is 1.77. The van der Waals surface area contributed by atoms with Crippen molar-refractivity contribution >= 4 is 0 Å². The first-order valence-electron chi connectivity index (χ1n) is 5.66. The maximum absolute atomic E-state index is 6.28. The molecular weight excluding hydrogens is 176 g/mol. The molecule has 0 aromatic rings. The number of likely N-dealkylation sites (N-methyl/N-ethyl adjacent to an activating group) is 3. The SMILES string of the molecule is CCNC(CC)C(N)(NCC)NCC. The van der Waals surface area contributed by atoms with Gasteiger partial charge in [0, 0.05) is 0 Å². The molecule has 5 N–H and O–H groups in total. The molecule has 0 aromatic carbocycles. The van der Waals surface area contributed by atoms with Crippen LogP contribution >= 0.6 is 0 Å². The van der Waals surface area contributed by atoms with Gasteiger partial charge in [0.2, 0.25) is 0 Å². The van der Waals surface area contributed by atoms with Gasteiger partial charge in [0.05, 0.1) is 6.04 Å². The summed E-state index contributed by atoms with van der Waals surface area (Å²) in [5.41, 5.74) is 6.28. The molecule has 0 radical (unpaired) electrons. The largest absolute Gasteiger partial charge is 0.310 e. The zero-order valence-electron chi connectivity index (χ0n) is 9.98. The van der Waals surface area contributed by atoms with Crippen molar-refractivity contribution in [1.82, 2.24) is 16.0 Å². The normalized spacial score (nSPS) is 14.4. The standard InChI is InChI=1S/C10H26N4/c1-5-9(12-6-2)10(11,13-7-3)14-8-4/h9,12-14H,5-8,11H2,1-4H3. The minimum atomic E-state index is -0.492. The van der Waals surface area contributed by atoms with Crippen LogP contribution < -0.4 is 21.7 Å². The predicted octanol–water partition coefficient (Wildman–Crippen LogP) is 0.206. The van der Waals surface area contributed by atoms with E-state index in [-0.39, 0.29) is 6.04 Å². The quantitative estimate of drug-likeness (QED) is 0.425. The van der Waals surface area contributed by atoms with E-state index in [0.717, 1.165) is 26.1 Å². The van der Waals surface area contributed by atoms with E-state index in [2.05, 4.69) is 43.6 Å². The summed E-state index contributed by atoms with van der Waals surface area (Å²) in [7, 11) is 0. The molecule has 0 aliphatic carbocycles. The lowest BCUT2D eigenvalue weighted by Crippen LogP contribution is -2.73. The van der Waals surface area contributed by atoms with Gasteiger partial charge in [0.1, 0.15) is 5.79 Å². The lowest BCUT2D eigenvalue weighted by molar-refractivity contribution is 0.190. The van der Waals surface area contributed by atoms with E-state index in [0.29, 0.717) is 0 Å². The van der Waals surface area contributed by atoms with Crippen LogP contribution in [0.2, 0.25) is 0 Å². The Hall–Kier alpha value is -0.160. The second kappa shape index (κ2) is 7.17. The third-order valence-corrected chi connectivity index (χ3v) is 2.35. The molecule has 1 unspecified atom stereocenters. The van der Waals surface area contributed by atoms with Crippen LogP contribution in [-0.2, 0) is 0 Å². The molecule has 0 amide bonds. The van der Waals surface area contributed by atoms with Gasteiger partial charge in [-0.25, -0.2) is 0 Å². The van der Waals surface area contributed by atoms with E-state index < -0.39 is 5.79 Å². The summed E-state index contributed by atoms with van der Waals surface area (Å²) in [6.07, 6.45) is 1.00. The fraction of sp³-hybridized carbons (Fsp3) is 1.00. The average Bonchev–Trinajstić information content (AvgIpc) is 2.14. The molecule has 14 heavy (non-hydrogen) atoms. The number of nitrogens with one attached hydrogen (secondary N) is 3. The molecule has 0 aromatic heterocycles. The summed E-state index contributed by atoms with van der Waals surface area (Å²) in [6.45, 7) is 11.0. The summed E-state index contributed by atoms with van der Waals surface area (Å²) in [5, 5.41) is 9.99. The van der Waals surface area contributed by atoms with E-state index >= 15 is 0 Å². The number of hydrogen-bond donors (Lipinski definition) is 4. The predicted molar refractivity (Wildman–Crippen MR) is 62.0 cm³/mol. The minimum Gasteiger partial charge on any atom is -0.310 e. The summed E-state index contributed by atoms with van der Waals surface area (Å²) in [4.78, 5) is 0. The van der Waals surface area contributed by atoms with Crippen molar-refractivity contribution in [2.24, 2.45) is 5.73 Å². The van der Waals surface area contributed by atoms with Crippen molar-refractivity contribution in [3.63, 3.8) is 0 Å². The van der Waals surface area contributed by atoms with Gasteiger partial charge in [-0.15, -0.1) is 0 Å². The zero-order valence-corrected chi connectivity index (χ0v) is 9.98. The molecular formula is C10H26N4. The maximum atomic E-state index is 6.28. The number of hydrogen-bond acceptors (Lipinski definition) is 4. The highest BCUT2D eigenvalue weighted by Crippen LogP contribution is 2.03. The Morgan fingerprint density at radius 1 is 1.00 bits per heavy atom. The molecule has 0 rings (SSSR count). The molecule has 0 spiro atoms. The molecule has 4 nitrogen and oxygen atoms in total. The van der Waals surface area contributed by atoms with E-state index in [1.54, 1.807) is 0 Å². The van der Waals surface area contributed by atoms with E-state index in [1.165, 1.54) is 0 Å². The van der Waals surface area contributed by atoms with Crippen LogP contribution in [0.4, 0.5) is 0 Å². The summed E-state index contributed by atoms with van der Waals surface area (Å²) < 4.78 is 0. The van der Waals surface area contributed by atoms with Gasteiger partial charge in [-0.05, 0) is 26.1 Å². The van der Waals surface area contributed by atoms with Gasteiger partial charge < -0.3 is 5.32 Å². The molecule has 0 saturated heterocycles. The van der Waals surface area contributed by atoms with Crippen molar-refractivity contribution in [2.75, 3.05) is 19.6 Å². The van der Waals surface area contributed by atoms with Crippen molar-refractivity contribution in [3.8, 4) is 0 Å². The summed E-state index contributed by atoms with van der Waals surface area (Å²) in [6, 6.07) is 0.257. The first-order valence-corrected chi connectivity index (χ1v) is 5.66. The third-order valence-electron chi connectivity index (χ3n) is 2.35. The van der Waals surface area contributed by atoms with Crippen LogP contribution in [0.3, 0.4) is 0 Å². The van der Waals surface area contributed by atoms with Gasteiger partial charge in [-0.3, -0.25) is 16.4 Å². The van der Waals surface area contributed by atoms with Gasteiger partial charge >= 0.3 is 0 Å². The Labute approximate surface area is 88.0 Å². The molecule has 4 heteroatoms. The molecule has 0 bridgehead atoms. The van der Waals surface area contributed by atoms with Crippen LogP contribution in [0.5, 0.6) is 0 Å². The molecule has 0 saturated carbocycles. The van der Waals surface area contributed by atoms with Crippen LogP contribution in [0.1, 0.15) is 34.1 Å². The summed E-state index contributed by atoms with van der Waals surface area (Å²) >= 11 is 0. The Morgan fingerprint density at radius 3 is 1.79 bits per heavy atom. The monoisotopic (exact) mass is 202 g/mol. The van der Waals surface area contributed by atoms with Crippen molar-refractivity contribution < 1.29 is 0 Å².